The predicted molar refractivity (Wildman–Crippen MR) is 67.0 cm³/mol. The van der Waals surface area contributed by atoms with Crippen molar-refractivity contribution in [3.05, 3.63) is 23.8 Å². The number of aliphatic hydroxyl groups is 1. The van der Waals surface area contributed by atoms with Crippen molar-refractivity contribution in [1.29, 1.82) is 0 Å². The lowest BCUT2D eigenvalue weighted by atomic mass is 10.1. The summed E-state index contributed by atoms with van der Waals surface area (Å²) in [6.45, 7) is 2.81. The zero-order valence-electron chi connectivity index (χ0n) is 10.2. The third-order valence-corrected chi connectivity index (χ3v) is 2.76. The predicted octanol–water partition coefficient (Wildman–Crippen LogP) is 1.74. The van der Waals surface area contributed by atoms with E-state index in [1.165, 1.54) is 6.07 Å². The molecule has 0 aromatic heterocycles. The van der Waals surface area contributed by atoms with Gasteiger partial charge in [0.05, 0.1) is 0 Å². The molecule has 0 saturated carbocycles. The minimum absolute atomic E-state index is 0.0618. The average molecular weight is 239 g/mol. The smallest absolute Gasteiger partial charge is 0.123 e. The number of phenols is 2. The van der Waals surface area contributed by atoms with Crippen LogP contribution in [0, 0.1) is 0 Å². The van der Waals surface area contributed by atoms with Crippen LogP contribution in [-0.4, -0.2) is 28.0 Å². The summed E-state index contributed by atoms with van der Waals surface area (Å²) in [5.74, 6) is 0.156. The molecule has 4 heteroatoms. The Morgan fingerprint density at radius 2 is 2.00 bits per heavy atom. The van der Waals surface area contributed by atoms with Gasteiger partial charge in [0.15, 0.2) is 0 Å². The number of rotatable bonds is 7. The molecule has 17 heavy (non-hydrogen) atoms. The van der Waals surface area contributed by atoms with Gasteiger partial charge in [0.2, 0.25) is 0 Å². The normalized spacial score (nSPS) is 12.6. The molecule has 1 rings (SSSR count). The number of aromatic hydroxyl groups is 2. The van der Waals surface area contributed by atoms with Crippen molar-refractivity contribution in [3.8, 4) is 11.5 Å². The van der Waals surface area contributed by atoms with Crippen LogP contribution in [0.5, 0.6) is 11.5 Å². The van der Waals surface area contributed by atoms with Crippen LogP contribution in [0.4, 0.5) is 0 Å². The van der Waals surface area contributed by atoms with Crippen molar-refractivity contribution in [1.82, 2.24) is 5.32 Å². The third-order valence-electron chi connectivity index (χ3n) is 2.76. The first kappa shape index (κ1) is 13.8. The fraction of sp³-hybridized carbons (Fsp3) is 0.538. The minimum atomic E-state index is 0.0618. The lowest BCUT2D eigenvalue weighted by Gasteiger charge is -2.17. The first-order valence-electron chi connectivity index (χ1n) is 6.02. The highest BCUT2D eigenvalue weighted by Crippen LogP contribution is 2.22. The second kappa shape index (κ2) is 7.14. The molecule has 1 atom stereocenters. The van der Waals surface area contributed by atoms with Crippen molar-refractivity contribution in [2.24, 2.45) is 0 Å². The molecule has 0 radical (unpaired) electrons. The highest BCUT2D eigenvalue weighted by atomic mass is 16.3. The minimum Gasteiger partial charge on any atom is -0.508 e. The van der Waals surface area contributed by atoms with E-state index in [-0.39, 0.29) is 24.1 Å². The fourth-order valence-corrected chi connectivity index (χ4v) is 1.81. The monoisotopic (exact) mass is 239 g/mol. The van der Waals surface area contributed by atoms with Gasteiger partial charge in [0, 0.05) is 30.8 Å². The van der Waals surface area contributed by atoms with E-state index in [1.807, 2.05) is 0 Å². The quantitative estimate of drug-likeness (QED) is 0.585. The maximum Gasteiger partial charge on any atom is 0.123 e. The molecule has 4 N–H and O–H groups in total. The van der Waals surface area contributed by atoms with Crippen LogP contribution in [0.15, 0.2) is 18.2 Å². The van der Waals surface area contributed by atoms with Crippen LogP contribution < -0.4 is 5.32 Å². The van der Waals surface area contributed by atoms with Crippen LogP contribution >= 0.6 is 0 Å². The fourth-order valence-electron chi connectivity index (χ4n) is 1.81. The van der Waals surface area contributed by atoms with Gasteiger partial charge in [0.1, 0.15) is 11.5 Å². The molecule has 0 heterocycles. The van der Waals surface area contributed by atoms with Crippen LogP contribution in [0.25, 0.3) is 0 Å². The first-order valence-corrected chi connectivity index (χ1v) is 6.02. The topological polar surface area (TPSA) is 72.7 Å². The van der Waals surface area contributed by atoms with Gasteiger partial charge in [0.25, 0.3) is 0 Å². The van der Waals surface area contributed by atoms with E-state index in [9.17, 15) is 5.11 Å². The molecule has 1 aromatic rings. The molecule has 0 aliphatic carbocycles. The Morgan fingerprint density at radius 1 is 1.24 bits per heavy atom. The van der Waals surface area contributed by atoms with E-state index in [0.717, 1.165) is 18.4 Å². The van der Waals surface area contributed by atoms with Crippen molar-refractivity contribution < 1.29 is 15.3 Å². The zero-order chi connectivity index (χ0) is 12.7. The van der Waals surface area contributed by atoms with Crippen molar-refractivity contribution in [2.45, 2.75) is 38.8 Å². The largest absolute Gasteiger partial charge is 0.508 e. The highest BCUT2D eigenvalue weighted by molar-refractivity contribution is 5.38. The Kier molecular flexibility index (Phi) is 5.80. The van der Waals surface area contributed by atoms with Gasteiger partial charge in [-0.15, -0.1) is 0 Å². The molecule has 0 aliphatic heterocycles. The maximum atomic E-state index is 9.61. The lowest BCUT2D eigenvalue weighted by Crippen LogP contribution is -2.29. The molecule has 0 aliphatic rings. The van der Waals surface area contributed by atoms with Gasteiger partial charge >= 0.3 is 0 Å². The summed E-state index contributed by atoms with van der Waals surface area (Å²) in [7, 11) is 0. The molecule has 0 spiro atoms. The number of benzene rings is 1. The van der Waals surface area contributed by atoms with Gasteiger partial charge in [-0.3, -0.25) is 0 Å². The Labute approximate surface area is 102 Å². The molecule has 0 saturated heterocycles. The summed E-state index contributed by atoms with van der Waals surface area (Å²) in [5.41, 5.74) is 0.752. The average Bonchev–Trinajstić information content (AvgIpc) is 2.28. The second-order valence-corrected chi connectivity index (χ2v) is 4.19. The molecule has 1 aromatic carbocycles. The third kappa shape index (κ3) is 4.63. The van der Waals surface area contributed by atoms with Crippen LogP contribution in [0.1, 0.15) is 31.7 Å². The highest BCUT2D eigenvalue weighted by Gasteiger charge is 2.08. The lowest BCUT2D eigenvalue weighted by molar-refractivity contribution is 0.259. The Bertz CT molecular complexity index is 335. The van der Waals surface area contributed by atoms with Gasteiger partial charge in [-0.1, -0.05) is 19.4 Å². The van der Waals surface area contributed by atoms with E-state index >= 15 is 0 Å². The van der Waals surface area contributed by atoms with Crippen LogP contribution in [-0.2, 0) is 6.54 Å². The summed E-state index contributed by atoms with van der Waals surface area (Å²) < 4.78 is 0. The summed E-state index contributed by atoms with van der Waals surface area (Å²) in [6.07, 6.45) is 2.77. The van der Waals surface area contributed by atoms with Gasteiger partial charge in [-0.2, -0.15) is 0 Å². The molecule has 96 valence electrons. The molecule has 1 unspecified atom stereocenters. The summed E-state index contributed by atoms with van der Waals surface area (Å²) in [6, 6.07) is 4.84. The van der Waals surface area contributed by atoms with E-state index in [1.54, 1.807) is 12.1 Å². The summed E-state index contributed by atoms with van der Waals surface area (Å²) in [4.78, 5) is 0. The standard InChI is InChI=1S/C13H21NO3/c1-2-3-11(6-7-15)14-9-10-4-5-12(16)8-13(10)17/h4-5,8,11,14-17H,2-3,6-7,9H2,1H3. The Morgan fingerprint density at radius 3 is 2.59 bits per heavy atom. The maximum absolute atomic E-state index is 9.61. The van der Waals surface area contributed by atoms with E-state index in [4.69, 9.17) is 10.2 Å². The molecule has 0 fully saturated rings. The molecular weight excluding hydrogens is 218 g/mol. The van der Waals surface area contributed by atoms with Crippen molar-refractivity contribution in [2.75, 3.05) is 6.61 Å². The summed E-state index contributed by atoms with van der Waals surface area (Å²) >= 11 is 0. The number of nitrogens with one attached hydrogen (secondary N) is 1. The van der Waals surface area contributed by atoms with E-state index in [0.29, 0.717) is 13.0 Å². The molecule has 4 nitrogen and oxygen atoms in total. The van der Waals surface area contributed by atoms with Gasteiger partial charge in [-0.25, -0.2) is 0 Å². The van der Waals surface area contributed by atoms with Crippen LogP contribution in [0.2, 0.25) is 0 Å². The van der Waals surface area contributed by atoms with Gasteiger partial charge in [-0.05, 0) is 18.9 Å². The Balaban J connectivity index is 2.52. The second-order valence-electron chi connectivity index (χ2n) is 4.19. The van der Waals surface area contributed by atoms with Gasteiger partial charge < -0.3 is 20.6 Å². The zero-order valence-corrected chi connectivity index (χ0v) is 10.2. The number of hydrogen-bond donors (Lipinski definition) is 4. The molecule has 0 amide bonds. The van der Waals surface area contributed by atoms with E-state index in [2.05, 4.69) is 12.2 Å². The summed E-state index contributed by atoms with van der Waals surface area (Å²) in [5, 5.41) is 31.0. The SMILES string of the molecule is CCCC(CCO)NCc1ccc(O)cc1O. The van der Waals surface area contributed by atoms with Crippen molar-refractivity contribution in [3.63, 3.8) is 0 Å². The number of phenolic OH excluding ortho intramolecular Hbond substituents is 2. The van der Waals surface area contributed by atoms with E-state index < -0.39 is 0 Å². The first-order chi connectivity index (χ1) is 8.17. The number of aliphatic hydroxyl groups excluding tert-OH is 1. The van der Waals surface area contributed by atoms with Crippen LogP contribution in [0.3, 0.4) is 0 Å². The molecular formula is C13H21NO3. The molecule has 0 bridgehead atoms. The van der Waals surface area contributed by atoms with Crippen molar-refractivity contribution >= 4 is 0 Å². The number of hydrogen-bond acceptors (Lipinski definition) is 4. The Hall–Kier alpha value is -1.26.